The lowest BCUT2D eigenvalue weighted by atomic mass is 9.88. The zero-order valence-electron chi connectivity index (χ0n) is 23.0. The predicted octanol–water partition coefficient (Wildman–Crippen LogP) is 5.74. The van der Waals surface area contributed by atoms with E-state index in [0.29, 0.717) is 12.8 Å². The van der Waals surface area contributed by atoms with Gasteiger partial charge >= 0.3 is 11.9 Å². The molecule has 0 unspecified atom stereocenters. The number of phenols is 2. The summed E-state index contributed by atoms with van der Waals surface area (Å²) >= 11 is 0. The van der Waals surface area contributed by atoms with Crippen molar-refractivity contribution in [1.82, 2.24) is 0 Å². The minimum absolute atomic E-state index is 0.0551. The molecule has 214 valence electrons. The summed E-state index contributed by atoms with van der Waals surface area (Å²) in [4.78, 5) is 54.7. The number of ketones is 2. The highest BCUT2D eigenvalue weighted by Gasteiger charge is 2.38. The summed E-state index contributed by atoms with van der Waals surface area (Å²) in [5, 5.41) is 22.3. The summed E-state index contributed by atoms with van der Waals surface area (Å²) in [6, 6.07) is 21.4. The van der Waals surface area contributed by atoms with Gasteiger partial charge in [0.25, 0.3) is 0 Å². The van der Waals surface area contributed by atoms with Crippen molar-refractivity contribution in [1.29, 1.82) is 0 Å². The van der Waals surface area contributed by atoms with E-state index in [4.69, 9.17) is 14.2 Å². The van der Waals surface area contributed by atoms with Gasteiger partial charge in [0.2, 0.25) is 11.5 Å². The minimum atomic E-state index is -1.13. The number of hydrogen-bond acceptors (Lipinski definition) is 9. The van der Waals surface area contributed by atoms with Crippen molar-refractivity contribution < 1.29 is 43.6 Å². The van der Waals surface area contributed by atoms with Crippen molar-refractivity contribution in [3.63, 3.8) is 0 Å². The quantitative estimate of drug-likeness (QED) is 0.0762. The maximum atomic E-state index is 14.2. The Morgan fingerprint density at radius 3 is 1.88 bits per heavy atom. The van der Waals surface area contributed by atoms with Crippen LogP contribution in [0.1, 0.15) is 72.3 Å². The molecule has 0 amide bonds. The molecule has 0 saturated heterocycles. The molecular formula is C33H28O9. The molecule has 4 aromatic carbocycles. The molecule has 0 fully saturated rings. The molecule has 0 bridgehead atoms. The van der Waals surface area contributed by atoms with Crippen molar-refractivity contribution >= 4 is 23.5 Å². The first-order valence-corrected chi connectivity index (χ1v) is 13.1. The van der Waals surface area contributed by atoms with Gasteiger partial charge in [0, 0.05) is 5.56 Å². The largest absolute Gasteiger partial charge is 0.504 e. The number of carbonyl (C=O) groups is 4. The number of para-hydroxylation sites is 1. The molecule has 9 nitrogen and oxygen atoms in total. The van der Waals surface area contributed by atoms with Gasteiger partial charge in [-0.1, -0.05) is 74.0 Å². The maximum Gasteiger partial charge on any atom is 0.343 e. The lowest BCUT2D eigenvalue weighted by Gasteiger charge is -2.20. The normalized spacial score (nSPS) is 10.5. The van der Waals surface area contributed by atoms with Gasteiger partial charge in [-0.25, -0.2) is 9.59 Å². The van der Waals surface area contributed by atoms with Gasteiger partial charge in [-0.05, 0) is 30.7 Å². The first kappa shape index (κ1) is 29.5. The second-order valence-electron chi connectivity index (χ2n) is 9.12. The Morgan fingerprint density at radius 1 is 0.667 bits per heavy atom. The molecule has 0 aliphatic carbocycles. The molecule has 42 heavy (non-hydrogen) atoms. The fourth-order valence-electron chi connectivity index (χ4n) is 4.25. The second kappa shape index (κ2) is 13.3. The topological polar surface area (TPSA) is 136 Å². The van der Waals surface area contributed by atoms with E-state index in [0.717, 1.165) is 0 Å². The average molecular weight is 569 g/mol. The van der Waals surface area contributed by atoms with E-state index < -0.39 is 57.4 Å². The van der Waals surface area contributed by atoms with Crippen LogP contribution in [0, 0.1) is 0 Å². The van der Waals surface area contributed by atoms with Crippen molar-refractivity contribution in [2.24, 2.45) is 0 Å². The maximum absolute atomic E-state index is 14.2. The highest BCUT2D eigenvalue weighted by molar-refractivity contribution is 6.24. The van der Waals surface area contributed by atoms with Crippen molar-refractivity contribution in [2.75, 3.05) is 13.7 Å². The van der Waals surface area contributed by atoms with Gasteiger partial charge < -0.3 is 24.4 Å². The van der Waals surface area contributed by atoms with Crippen molar-refractivity contribution in [3.05, 3.63) is 118 Å². The molecule has 0 radical (unpaired) electrons. The van der Waals surface area contributed by atoms with E-state index in [1.165, 1.54) is 43.5 Å². The number of aromatic hydroxyl groups is 2. The molecule has 0 aliphatic rings. The Bertz CT molecular complexity index is 1630. The molecule has 2 N–H and O–H groups in total. The minimum Gasteiger partial charge on any atom is -0.504 e. The number of rotatable bonds is 11. The van der Waals surface area contributed by atoms with Crippen LogP contribution in [0.2, 0.25) is 0 Å². The SMILES string of the molecule is CCCCOC(=O)c1c(C(=O)c2ccccc2)c(O)c(O)c(OC(=O)c2ccccc2)c1C(=O)c1ccccc1OC. The van der Waals surface area contributed by atoms with Gasteiger partial charge in [-0.2, -0.15) is 0 Å². The highest BCUT2D eigenvalue weighted by atomic mass is 16.5. The summed E-state index contributed by atoms with van der Waals surface area (Å²) in [5.41, 5.74) is -1.95. The number of unbranched alkanes of at least 4 members (excludes halogenated alkanes) is 1. The molecule has 0 atom stereocenters. The monoisotopic (exact) mass is 568 g/mol. The Labute approximate surface area is 241 Å². The van der Waals surface area contributed by atoms with Crippen LogP contribution < -0.4 is 9.47 Å². The molecule has 0 saturated carbocycles. The van der Waals surface area contributed by atoms with Crippen molar-refractivity contribution in [2.45, 2.75) is 19.8 Å². The summed E-state index contributed by atoms with van der Waals surface area (Å²) in [6.45, 7) is 1.82. The van der Waals surface area contributed by atoms with Crippen LogP contribution in [0.5, 0.6) is 23.0 Å². The fraction of sp³-hybridized carbons (Fsp3) is 0.152. The van der Waals surface area contributed by atoms with E-state index in [1.807, 2.05) is 6.92 Å². The number of ether oxygens (including phenoxy) is 3. The molecule has 9 heteroatoms. The van der Waals surface area contributed by atoms with Crippen LogP contribution in [0.25, 0.3) is 0 Å². The van der Waals surface area contributed by atoms with E-state index in [2.05, 4.69) is 0 Å². The number of carbonyl (C=O) groups excluding carboxylic acids is 4. The van der Waals surface area contributed by atoms with Crippen LogP contribution in [0.15, 0.2) is 84.9 Å². The molecule has 4 rings (SSSR count). The summed E-state index contributed by atoms with van der Waals surface area (Å²) < 4.78 is 16.2. The predicted molar refractivity (Wildman–Crippen MR) is 153 cm³/mol. The smallest absolute Gasteiger partial charge is 0.343 e. The van der Waals surface area contributed by atoms with E-state index in [9.17, 15) is 29.4 Å². The zero-order chi connectivity index (χ0) is 30.2. The molecule has 0 aliphatic heterocycles. The van der Waals surface area contributed by atoms with Crippen molar-refractivity contribution in [3.8, 4) is 23.0 Å². The fourth-order valence-corrected chi connectivity index (χ4v) is 4.25. The lowest BCUT2D eigenvalue weighted by Crippen LogP contribution is -2.22. The molecule has 0 aromatic heterocycles. The summed E-state index contributed by atoms with van der Waals surface area (Å²) in [6.07, 6.45) is 1.15. The van der Waals surface area contributed by atoms with E-state index >= 15 is 0 Å². The van der Waals surface area contributed by atoms with Gasteiger partial charge in [0.05, 0.1) is 41.5 Å². The standard InChI is InChI=1S/C33H28O9/c1-3-4-19-41-33(39)24-25(27(34)20-13-7-5-8-14-20)29(36)30(37)31(42-32(38)21-15-9-6-10-16-21)26(24)28(35)22-17-11-12-18-23(22)40-2/h5-18,36-37H,3-4,19H2,1-2H3. The van der Waals surface area contributed by atoms with Gasteiger partial charge in [0.15, 0.2) is 17.3 Å². The number of esters is 2. The second-order valence-corrected chi connectivity index (χ2v) is 9.12. The van der Waals surface area contributed by atoms with Crippen LogP contribution in [-0.2, 0) is 4.74 Å². The van der Waals surface area contributed by atoms with Crippen LogP contribution in [0.4, 0.5) is 0 Å². The Hall–Kier alpha value is -5.44. The average Bonchev–Trinajstić information content (AvgIpc) is 3.03. The lowest BCUT2D eigenvalue weighted by molar-refractivity contribution is 0.0491. The first-order valence-electron chi connectivity index (χ1n) is 13.1. The van der Waals surface area contributed by atoms with Gasteiger partial charge in [-0.15, -0.1) is 0 Å². The third-order valence-corrected chi connectivity index (χ3v) is 6.38. The summed E-state index contributed by atoms with van der Waals surface area (Å²) in [5.74, 6) is -6.77. The zero-order valence-corrected chi connectivity index (χ0v) is 23.0. The third-order valence-electron chi connectivity index (χ3n) is 6.38. The number of methoxy groups -OCH3 is 1. The Kier molecular flexibility index (Phi) is 9.34. The van der Waals surface area contributed by atoms with Crippen LogP contribution in [-0.4, -0.2) is 47.4 Å². The molecular weight excluding hydrogens is 540 g/mol. The number of hydrogen-bond donors (Lipinski definition) is 2. The van der Waals surface area contributed by atoms with Gasteiger partial charge in [-0.3, -0.25) is 9.59 Å². The third kappa shape index (κ3) is 6.00. The Balaban J connectivity index is 2.06. The molecule has 0 spiro atoms. The van der Waals surface area contributed by atoms with Gasteiger partial charge in [0.1, 0.15) is 5.75 Å². The highest BCUT2D eigenvalue weighted by Crippen LogP contribution is 2.47. The molecule has 4 aromatic rings. The first-order chi connectivity index (χ1) is 20.3. The Morgan fingerprint density at radius 2 is 1.26 bits per heavy atom. The number of benzene rings is 4. The van der Waals surface area contributed by atoms with E-state index in [1.54, 1.807) is 48.5 Å². The van der Waals surface area contributed by atoms with Crippen LogP contribution >= 0.6 is 0 Å². The molecule has 0 heterocycles. The number of phenolic OH excluding ortho intramolecular Hbond substituents is 2. The summed E-state index contributed by atoms with van der Waals surface area (Å²) in [7, 11) is 1.33. The van der Waals surface area contributed by atoms with Crippen LogP contribution in [0.3, 0.4) is 0 Å². The van der Waals surface area contributed by atoms with E-state index in [-0.39, 0.29) is 29.0 Å².